The molecule has 24 heavy (non-hydrogen) atoms. The van der Waals surface area contributed by atoms with E-state index in [1.165, 1.54) is 25.3 Å². The summed E-state index contributed by atoms with van der Waals surface area (Å²) in [7, 11) is 1.22. The highest BCUT2D eigenvalue weighted by molar-refractivity contribution is 6.12. The first-order chi connectivity index (χ1) is 11.5. The molecule has 1 aromatic rings. The SMILES string of the molecule is COC(=O)C1CC=C(c2ccccc2[N+](=O)[O-])C2C(=O)NC(=O)C12. The lowest BCUT2D eigenvalue weighted by Crippen LogP contribution is -2.36. The Hall–Kier alpha value is -3.03. The Balaban J connectivity index is 2.12. The van der Waals surface area contributed by atoms with E-state index in [0.29, 0.717) is 5.57 Å². The first kappa shape index (κ1) is 15.9. The van der Waals surface area contributed by atoms with E-state index in [2.05, 4.69) is 5.32 Å². The van der Waals surface area contributed by atoms with Crippen molar-refractivity contribution < 1.29 is 24.0 Å². The van der Waals surface area contributed by atoms with Crippen molar-refractivity contribution in [1.29, 1.82) is 0 Å². The molecule has 1 aliphatic heterocycles. The zero-order valence-electron chi connectivity index (χ0n) is 12.7. The van der Waals surface area contributed by atoms with Gasteiger partial charge in [-0.2, -0.15) is 0 Å². The average Bonchev–Trinajstić information content (AvgIpc) is 2.88. The van der Waals surface area contributed by atoms with Gasteiger partial charge in [-0.05, 0) is 18.1 Å². The maximum atomic E-state index is 12.2. The molecule has 1 N–H and O–H groups in total. The fourth-order valence-electron chi connectivity index (χ4n) is 3.42. The number of fused-ring (bicyclic) bond motifs is 1. The van der Waals surface area contributed by atoms with Gasteiger partial charge in [0, 0.05) is 6.07 Å². The van der Waals surface area contributed by atoms with E-state index in [1.54, 1.807) is 12.1 Å². The lowest BCUT2D eigenvalue weighted by molar-refractivity contribution is -0.385. The molecule has 8 nitrogen and oxygen atoms in total. The normalized spacial score (nSPS) is 25.5. The van der Waals surface area contributed by atoms with Gasteiger partial charge >= 0.3 is 5.97 Å². The van der Waals surface area contributed by atoms with Crippen molar-refractivity contribution in [3.8, 4) is 0 Å². The lowest BCUT2D eigenvalue weighted by Gasteiger charge is -2.29. The molecule has 3 unspecified atom stereocenters. The predicted molar refractivity (Wildman–Crippen MR) is 81.3 cm³/mol. The number of hydrogen-bond acceptors (Lipinski definition) is 6. The van der Waals surface area contributed by atoms with Crippen LogP contribution in [0.5, 0.6) is 0 Å². The predicted octanol–water partition coefficient (Wildman–Crippen LogP) is 1.06. The van der Waals surface area contributed by atoms with Crippen molar-refractivity contribution in [2.45, 2.75) is 6.42 Å². The Morgan fingerprint density at radius 1 is 1.29 bits per heavy atom. The number of benzene rings is 1. The van der Waals surface area contributed by atoms with Gasteiger partial charge in [0.1, 0.15) is 0 Å². The number of nitro benzene ring substituents is 1. The molecule has 1 fully saturated rings. The number of amides is 2. The topological polar surface area (TPSA) is 116 Å². The van der Waals surface area contributed by atoms with Crippen molar-refractivity contribution in [1.82, 2.24) is 5.32 Å². The number of ether oxygens (including phenoxy) is 1. The number of imide groups is 1. The van der Waals surface area contributed by atoms with Crippen LogP contribution in [0.2, 0.25) is 0 Å². The Morgan fingerprint density at radius 2 is 2.00 bits per heavy atom. The monoisotopic (exact) mass is 330 g/mol. The maximum Gasteiger partial charge on any atom is 0.309 e. The summed E-state index contributed by atoms with van der Waals surface area (Å²) in [6.45, 7) is 0. The van der Waals surface area contributed by atoms with Crippen LogP contribution in [0.3, 0.4) is 0 Å². The zero-order valence-corrected chi connectivity index (χ0v) is 12.7. The van der Waals surface area contributed by atoms with Gasteiger partial charge in [0.25, 0.3) is 5.69 Å². The fraction of sp³-hybridized carbons (Fsp3) is 0.312. The Morgan fingerprint density at radius 3 is 2.67 bits per heavy atom. The quantitative estimate of drug-likeness (QED) is 0.383. The second kappa shape index (κ2) is 5.88. The van der Waals surface area contributed by atoms with Gasteiger partial charge in [-0.25, -0.2) is 0 Å². The number of allylic oxidation sites excluding steroid dienone is 1. The molecule has 3 atom stereocenters. The van der Waals surface area contributed by atoms with Gasteiger partial charge in [-0.1, -0.05) is 18.2 Å². The van der Waals surface area contributed by atoms with Crippen molar-refractivity contribution >= 4 is 29.0 Å². The molecule has 1 aromatic carbocycles. The summed E-state index contributed by atoms with van der Waals surface area (Å²) in [6.07, 6.45) is 1.79. The number of methoxy groups -OCH3 is 1. The van der Waals surface area contributed by atoms with Gasteiger partial charge in [-0.15, -0.1) is 0 Å². The number of nitrogens with zero attached hydrogens (tertiary/aromatic N) is 1. The van der Waals surface area contributed by atoms with Crippen molar-refractivity contribution in [3.05, 3.63) is 46.0 Å². The molecule has 2 amide bonds. The van der Waals surface area contributed by atoms with Crippen LogP contribution in [0, 0.1) is 27.9 Å². The first-order valence-electron chi connectivity index (χ1n) is 7.32. The highest BCUT2D eigenvalue weighted by atomic mass is 16.6. The number of para-hydroxylation sites is 1. The molecule has 0 bridgehead atoms. The van der Waals surface area contributed by atoms with E-state index in [0.717, 1.165) is 0 Å². The van der Waals surface area contributed by atoms with Crippen molar-refractivity contribution in [2.24, 2.45) is 17.8 Å². The van der Waals surface area contributed by atoms with Crippen LogP contribution in [0.15, 0.2) is 30.3 Å². The Bertz CT molecular complexity index is 785. The van der Waals surface area contributed by atoms with Crippen LogP contribution < -0.4 is 5.32 Å². The molecule has 8 heteroatoms. The van der Waals surface area contributed by atoms with Gasteiger partial charge in [0.05, 0.1) is 35.4 Å². The second-order valence-electron chi connectivity index (χ2n) is 5.66. The summed E-state index contributed by atoms with van der Waals surface area (Å²) in [5, 5.41) is 13.5. The lowest BCUT2D eigenvalue weighted by atomic mass is 9.71. The summed E-state index contributed by atoms with van der Waals surface area (Å²) < 4.78 is 4.72. The summed E-state index contributed by atoms with van der Waals surface area (Å²) in [6, 6.07) is 6.03. The van der Waals surface area contributed by atoms with Gasteiger partial charge in [-0.3, -0.25) is 29.8 Å². The summed E-state index contributed by atoms with van der Waals surface area (Å²) in [5.41, 5.74) is 0.535. The van der Waals surface area contributed by atoms with Crippen LogP contribution in [0.4, 0.5) is 5.69 Å². The molecule has 1 aliphatic carbocycles. The number of hydrogen-bond donors (Lipinski definition) is 1. The minimum atomic E-state index is -0.934. The van der Waals surface area contributed by atoms with Crippen LogP contribution in [0.1, 0.15) is 12.0 Å². The third-order valence-electron chi connectivity index (χ3n) is 4.47. The molecule has 0 saturated carbocycles. The second-order valence-corrected chi connectivity index (χ2v) is 5.66. The van der Waals surface area contributed by atoms with Crippen LogP contribution in [0.25, 0.3) is 5.57 Å². The van der Waals surface area contributed by atoms with Crippen molar-refractivity contribution in [2.75, 3.05) is 7.11 Å². The summed E-state index contributed by atoms with van der Waals surface area (Å²) in [4.78, 5) is 47.0. The van der Waals surface area contributed by atoms with E-state index >= 15 is 0 Å². The van der Waals surface area contributed by atoms with E-state index in [1.807, 2.05) is 0 Å². The molecule has 124 valence electrons. The number of carbonyl (C=O) groups is 3. The van der Waals surface area contributed by atoms with E-state index in [9.17, 15) is 24.5 Å². The molecule has 1 heterocycles. The number of carbonyl (C=O) groups excluding carboxylic acids is 3. The molecule has 0 spiro atoms. The van der Waals surface area contributed by atoms with Gasteiger partial charge < -0.3 is 4.74 Å². The molecular formula is C16H14N2O6. The van der Waals surface area contributed by atoms with Crippen LogP contribution >= 0.6 is 0 Å². The molecule has 0 radical (unpaired) electrons. The van der Waals surface area contributed by atoms with E-state index in [-0.39, 0.29) is 17.7 Å². The third kappa shape index (κ3) is 2.36. The number of esters is 1. The maximum absolute atomic E-state index is 12.2. The zero-order chi connectivity index (χ0) is 17.4. The number of nitro groups is 1. The molecule has 2 aliphatic rings. The van der Waals surface area contributed by atoms with Crippen LogP contribution in [-0.4, -0.2) is 29.8 Å². The molecular weight excluding hydrogens is 316 g/mol. The number of nitrogens with one attached hydrogen (secondary N) is 1. The number of rotatable bonds is 3. The highest BCUT2D eigenvalue weighted by Gasteiger charge is 2.52. The minimum Gasteiger partial charge on any atom is -0.469 e. The highest BCUT2D eigenvalue weighted by Crippen LogP contribution is 2.45. The average molecular weight is 330 g/mol. The Kier molecular flexibility index (Phi) is 3.88. The third-order valence-corrected chi connectivity index (χ3v) is 4.47. The Labute approximate surface area is 136 Å². The largest absolute Gasteiger partial charge is 0.469 e. The van der Waals surface area contributed by atoms with E-state index < -0.39 is 40.5 Å². The fourth-order valence-corrected chi connectivity index (χ4v) is 3.42. The van der Waals surface area contributed by atoms with Crippen molar-refractivity contribution in [3.63, 3.8) is 0 Å². The van der Waals surface area contributed by atoms with E-state index in [4.69, 9.17) is 4.74 Å². The molecule has 3 rings (SSSR count). The summed E-state index contributed by atoms with van der Waals surface area (Å²) >= 11 is 0. The van der Waals surface area contributed by atoms with Gasteiger partial charge in [0.2, 0.25) is 11.8 Å². The summed E-state index contributed by atoms with van der Waals surface area (Å²) in [5.74, 6) is -4.31. The van der Waals surface area contributed by atoms with Gasteiger partial charge in [0.15, 0.2) is 0 Å². The van der Waals surface area contributed by atoms with Crippen LogP contribution in [-0.2, 0) is 19.1 Å². The standard InChI is InChI=1S/C16H14N2O6/c1-24-16(21)10-7-6-9(12-13(10)15(20)17-14(12)19)8-4-2-3-5-11(8)18(22)23/h2-6,10,12-13H,7H2,1H3,(H,17,19,20). The first-order valence-corrected chi connectivity index (χ1v) is 7.32. The minimum absolute atomic E-state index is 0.147. The molecule has 1 saturated heterocycles. The molecule has 0 aromatic heterocycles. The smallest absolute Gasteiger partial charge is 0.309 e.